The predicted molar refractivity (Wildman–Crippen MR) is 74.6 cm³/mol. The van der Waals surface area contributed by atoms with Gasteiger partial charge >= 0.3 is 12.2 Å². The molecule has 0 bridgehead atoms. The number of nitrogens with one attached hydrogen (secondary N) is 1. The summed E-state index contributed by atoms with van der Waals surface area (Å²) >= 11 is 0. The number of hydrogen-bond acceptors (Lipinski definition) is 3. The highest BCUT2D eigenvalue weighted by molar-refractivity contribution is 6.15. The fourth-order valence-electron chi connectivity index (χ4n) is 2.19. The van der Waals surface area contributed by atoms with E-state index in [1.54, 1.807) is 35.6 Å². The molecule has 0 aliphatic carbocycles. The van der Waals surface area contributed by atoms with Crippen LogP contribution < -0.4 is 10.2 Å². The number of alkyl halides is 3. The van der Waals surface area contributed by atoms with E-state index in [4.69, 9.17) is 0 Å². The van der Waals surface area contributed by atoms with Gasteiger partial charge in [-0.3, -0.25) is 19.4 Å². The summed E-state index contributed by atoms with van der Waals surface area (Å²) in [6, 6.07) is 6.76. The molecule has 1 aromatic rings. The van der Waals surface area contributed by atoms with Gasteiger partial charge in [0.2, 0.25) is 5.91 Å². The van der Waals surface area contributed by atoms with Crippen LogP contribution in [-0.4, -0.2) is 48.1 Å². The summed E-state index contributed by atoms with van der Waals surface area (Å²) in [7, 11) is 0. The number of hydrogen-bond donors (Lipinski definition) is 1. The summed E-state index contributed by atoms with van der Waals surface area (Å²) in [6.07, 6.45) is -4.56. The molecule has 0 radical (unpaired) electrons. The number of nitrogens with zero attached hydrogens (tertiary/aromatic N) is 2. The standard InChI is InChI=1S/C14H14F3N3O3/c1-9-12(22)19(7-11(21)18-8-14(15,16)17)13(23)20(9)10-5-3-2-4-6-10/h2-6,9H,7-8H2,1H3,(H,18,21)/t9-/m1/s1. The predicted octanol–water partition coefficient (Wildman–Crippen LogP) is 1.52. The maximum absolute atomic E-state index is 12.3. The fourth-order valence-corrected chi connectivity index (χ4v) is 2.19. The Morgan fingerprint density at radius 1 is 1.22 bits per heavy atom. The number of rotatable bonds is 4. The average molecular weight is 329 g/mol. The van der Waals surface area contributed by atoms with Gasteiger partial charge in [-0.15, -0.1) is 0 Å². The summed E-state index contributed by atoms with van der Waals surface area (Å²) < 4.78 is 36.2. The Labute approximate surface area is 129 Å². The molecule has 0 unspecified atom stereocenters. The number of carbonyl (C=O) groups is 3. The first-order valence-electron chi connectivity index (χ1n) is 6.74. The van der Waals surface area contributed by atoms with E-state index in [1.807, 2.05) is 0 Å². The Morgan fingerprint density at radius 3 is 2.39 bits per heavy atom. The van der Waals surface area contributed by atoms with E-state index in [0.717, 1.165) is 0 Å². The largest absolute Gasteiger partial charge is 0.405 e. The van der Waals surface area contributed by atoms with E-state index >= 15 is 0 Å². The van der Waals surface area contributed by atoms with Crippen molar-refractivity contribution in [2.75, 3.05) is 18.0 Å². The monoisotopic (exact) mass is 329 g/mol. The molecule has 124 valence electrons. The molecule has 1 N–H and O–H groups in total. The van der Waals surface area contributed by atoms with Crippen molar-refractivity contribution in [1.29, 1.82) is 0 Å². The van der Waals surface area contributed by atoms with Gasteiger partial charge in [-0.2, -0.15) is 13.2 Å². The molecule has 1 heterocycles. The van der Waals surface area contributed by atoms with Crippen LogP contribution in [0.3, 0.4) is 0 Å². The quantitative estimate of drug-likeness (QED) is 0.852. The van der Waals surface area contributed by atoms with Crippen LogP contribution in [-0.2, 0) is 9.59 Å². The van der Waals surface area contributed by atoms with Gasteiger partial charge in [0.05, 0.1) is 0 Å². The summed E-state index contributed by atoms with van der Waals surface area (Å²) in [6.45, 7) is -0.776. The number of carbonyl (C=O) groups excluding carboxylic acids is 3. The first-order chi connectivity index (χ1) is 10.7. The Morgan fingerprint density at radius 2 is 1.83 bits per heavy atom. The molecule has 1 atom stereocenters. The molecule has 0 aromatic heterocycles. The van der Waals surface area contributed by atoms with Crippen molar-refractivity contribution >= 4 is 23.5 Å². The van der Waals surface area contributed by atoms with Crippen molar-refractivity contribution < 1.29 is 27.6 Å². The van der Waals surface area contributed by atoms with Crippen molar-refractivity contribution in [3.8, 4) is 0 Å². The third kappa shape index (κ3) is 3.79. The summed E-state index contributed by atoms with van der Waals surface area (Å²) in [4.78, 5) is 37.7. The zero-order chi connectivity index (χ0) is 17.2. The molecular formula is C14H14F3N3O3. The summed E-state index contributed by atoms with van der Waals surface area (Å²) in [5, 5.41) is 1.63. The maximum Gasteiger partial charge on any atom is 0.405 e. The second kappa shape index (κ2) is 6.27. The van der Waals surface area contributed by atoms with E-state index in [1.165, 1.54) is 11.8 Å². The molecule has 1 aromatic carbocycles. The van der Waals surface area contributed by atoms with Gasteiger partial charge in [0.25, 0.3) is 5.91 Å². The van der Waals surface area contributed by atoms with E-state index in [2.05, 4.69) is 0 Å². The smallest absolute Gasteiger partial charge is 0.345 e. The number of anilines is 1. The van der Waals surface area contributed by atoms with Crippen LogP contribution in [0.25, 0.3) is 0 Å². The number of urea groups is 1. The molecule has 1 fully saturated rings. The molecule has 0 spiro atoms. The third-order valence-electron chi connectivity index (χ3n) is 3.27. The van der Waals surface area contributed by atoms with Crippen LogP contribution in [0.5, 0.6) is 0 Å². The van der Waals surface area contributed by atoms with E-state index in [0.29, 0.717) is 10.6 Å². The Kier molecular flexibility index (Phi) is 4.57. The van der Waals surface area contributed by atoms with Crippen LogP contribution in [0.4, 0.5) is 23.7 Å². The topological polar surface area (TPSA) is 69.7 Å². The number of imide groups is 1. The molecule has 4 amide bonds. The lowest BCUT2D eigenvalue weighted by atomic mass is 10.2. The number of amides is 4. The van der Waals surface area contributed by atoms with Gasteiger partial charge in [-0.25, -0.2) is 4.79 Å². The maximum atomic E-state index is 12.3. The summed E-state index contributed by atoms with van der Waals surface area (Å²) in [5.74, 6) is -1.69. The van der Waals surface area contributed by atoms with Crippen LogP contribution in [0, 0.1) is 0 Å². The third-order valence-corrected chi connectivity index (χ3v) is 3.27. The van der Waals surface area contributed by atoms with Crippen molar-refractivity contribution in [3.63, 3.8) is 0 Å². The van der Waals surface area contributed by atoms with Gasteiger partial charge in [-0.05, 0) is 19.1 Å². The zero-order valence-corrected chi connectivity index (χ0v) is 12.1. The van der Waals surface area contributed by atoms with Gasteiger partial charge < -0.3 is 5.32 Å². The van der Waals surface area contributed by atoms with Crippen LogP contribution in [0.2, 0.25) is 0 Å². The van der Waals surface area contributed by atoms with Crippen molar-refractivity contribution in [3.05, 3.63) is 30.3 Å². The fraction of sp³-hybridized carbons (Fsp3) is 0.357. The Bertz CT molecular complexity index is 619. The molecular weight excluding hydrogens is 315 g/mol. The highest BCUT2D eigenvalue weighted by Crippen LogP contribution is 2.25. The van der Waals surface area contributed by atoms with Gasteiger partial charge in [0, 0.05) is 5.69 Å². The molecule has 2 rings (SSSR count). The minimum absolute atomic E-state index is 0.469. The number of para-hydroxylation sites is 1. The average Bonchev–Trinajstić information content (AvgIpc) is 2.69. The Balaban J connectivity index is 2.08. The second-order valence-corrected chi connectivity index (χ2v) is 4.98. The van der Waals surface area contributed by atoms with Crippen LogP contribution >= 0.6 is 0 Å². The van der Waals surface area contributed by atoms with Crippen molar-refractivity contribution in [2.24, 2.45) is 0 Å². The van der Waals surface area contributed by atoms with Crippen molar-refractivity contribution in [2.45, 2.75) is 19.1 Å². The lowest BCUT2D eigenvalue weighted by molar-refractivity contribution is -0.140. The highest BCUT2D eigenvalue weighted by Gasteiger charge is 2.44. The lowest BCUT2D eigenvalue weighted by Gasteiger charge is -2.19. The van der Waals surface area contributed by atoms with Crippen LogP contribution in [0.15, 0.2) is 30.3 Å². The normalized spacial score (nSPS) is 18.5. The molecule has 23 heavy (non-hydrogen) atoms. The van der Waals surface area contributed by atoms with Gasteiger partial charge in [0.1, 0.15) is 19.1 Å². The highest BCUT2D eigenvalue weighted by atomic mass is 19.4. The Hall–Kier alpha value is -2.58. The molecule has 1 aliphatic rings. The van der Waals surface area contributed by atoms with Crippen LogP contribution in [0.1, 0.15) is 6.92 Å². The molecule has 6 nitrogen and oxygen atoms in total. The SMILES string of the molecule is C[C@@H]1C(=O)N(CC(=O)NCC(F)(F)F)C(=O)N1c1ccccc1. The molecule has 1 saturated heterocycles. The van der Waals surface area contributed by atoms with Gasteiger partial charge in [-0.1, -0.05) is 18.2 Å². The number of benzene rings is 1. The van der Waals surface area contributed by atoms with Gasteiger partial charge in [0.15, 0.2) is 0 Å². The molecule has 1 aliphatic heterocycles. The minimum Gasteiger partial charge on any atom is -0.345 e. The lowest BCUT2D eigenvalue weighted by Crippen LogP contribution is -2.43. The number of halogens is 3. The minimum atomic E-state index is -4.56. The summed E-state index contributed by atoms with van der Waals surface area (Å²) in [5.41, 5.74) is 0.469. The first-order valence-corrected chi connectivity index (χ1v) is 6.74. The molecule has 0 saturated carbocycles. The molecule has 9 heteroatoms. The van der Waals surface area contributed by atoms with Crippen molar-refractivity contribution in [1.82, 2.24) is 10.2 Å². The van der Waals surface area contributed by atoms with E-state index in [9.17, 15) is 27.6 Å². The second-order valence-electron chi connectivity index (χ2n) is 4.98. The zero-order valence-electron chi connectivity index (χ0n) is 12.1. The van der Waals surface area contributed by atoms with E-state index in [-0.39, 0.29) is 0 Å². The van der Waals surface area contributed by atoms with E-state index < -0.39 is 43.2 Å². The first kappa shape index (κ1) is 16.8.